The zero-order valence-electron chi connectivity index (χ0n) is 9.99. The van der Waals surface area contributed by atoms with Crippen molar-refractivity contribution in [2.24, 2.45) is 0 Å². The molecule has 0 bridgehead atoms. The summed E-state index contributed by atoms with van der Waals surface area (Å²) in [4.78, 5) is 0. The van der Waals surface area contributed by atoms with Gasteiger partial charge in [0.2, 0.25) is 0 Å². The highest BCUT2D eigenvalue weighted by Crippen LogP contribution is 2.33. The lowest BCUT2D eigenvalue weighted by Gasteiger charge is -2.11. The summed E-state index contributed by atoms with van der Waals surface area (Å²) in [5.41, 5.74) is 0.954. The van der Waals surface area contributed by atoms with Crippen molar-refractivity contribution < 1.29 is 14.3 Å². The van der Waals surface area contributed by atoms with E-state index in [0.717, 1.165) is 20.3 Å². The van der Waals surface area contributed by atoms with E-state index in [4.69, 9.17) is 9.15 Å². The number of methoxy groups -OCH3 is 1. The number of aliphatic hydroxyl groups is 1. The largest absolute Gasteiger partial charge is 0.497 e. The minimum atomic E-state index is -0.717. The summed E-state index contributed by atoms with van der Waals surface area (Å²) >= 11 is 10.0. The molecule has 2 aromatic rings. The highest BCUT2D eigenvalue weighted by Gasteiger charge is 2.17. The normalized spacial score (nSPS) is 12.5. The van der Waals surface area contributed by atoms with E-state index in [-0.39, 0.29) is 0 Å². The lowest BCUT2D eigenvalue weighted by Crippen LogP contribution is -2.01. The molecule has 0 aliphatic carbocycles. The van der Waals surface area contributed by atoms with Crippen LogP contribution in [-0.2, 0) is 6.42 Å². The van der Waals surface area contributed by atoms with Gasteiger partial charge < -0.3 is 14.3 Å². The molecule has 0 aliphatic heterocycles. The molecule has 0 saturated heterocycles. The van der Waals surface area contributed by atoms with Gasteiger partial charge in [0.1, 0.15) is 17.6 Å². The van der Waals surface area contributed by atoms with Crippen molar-refractivity contribution in [1.29, 1.82) is 0 Å². The quantitative estimate of drug-likeness (QED) is 0.718. The van der Waals surface area contributed by atoms with Gasteiger partial charge in [-0.3, -0.25) is 0 Å². The molecule has 19 heavy (non-hydrogen) atoms. The Bertz CT molecular complexity index is 561. The third kappa shape index (κ3) is 3.62. The molecule has 1 N–H and O–H groups in total. The monoisotopic (exact) mass is 452 g/mol. The molecule has 1 aromatic carbocycles. The lowest BCUT2D eigenvalue weighted by molar-refractivity contribution is 0.148. The van der Waals surface area contributed by atoms with Crippen molar-refractivity contribution in [2.45, 2.75) is 12.5 Å². The minimum absolute atomic E-state index is 0.435. The molecular formula is C13H11Br3O3. The summed E-state index contributed by atoms with van der Waals surface area (Å²) in [5, 5.41) is 10.2. The molecule has 1 unspecified atom stereocenters. The van der Waals surface area contributed by atoms with Gasteiger partial charge in [0.25, 0.3) is 0 Å². The molecule has 102 valence electrons. The molecule has 0 radical (unpaired) electrons. The number of ether oxygens (including phenoxy) is 1. The standard InChI is InChI=1S/C13H11Br3O3/c1-18-8-2-3-9(14)7(4-8)5-11(17)12-6-10(15)13(16)19-12/h2-4,6,11,17H,5H2,1H3. The number of aliphatic hydroxyl groups excluding tert-OH is 1. The first kappa shape index (κ1) is 15.1. The Morgan fingerprint density at radius 3 is 2.53 bits per heavy atom. The second-order valence-corrected chi connectivity index (χ2v) is 6.38. The van der Waals surface area contributed by atoms with E-state index in [1.807, 2.05) is 18.2 Å². The maximum absolute atomic E-state index is 10.2. The fourth-order valence-electron chi connectivity index (χ4n) is 1.67. The number of rotatable bonds is 4. The first-order chi connectivity index (χ1) is 9.01. The maximum Gasteiger partial charge on any atom is 0.183 e. The number of hydrogen-bond acceptors (Lipinski definition) is 3. The topological polar surface area (TPSA) is 42.6 Å². The van der Waals surface area contributed by atoms with Crippen molar-refractivity contribution in [3.05, 3.63) is 49.2 Å². The summed E-state index contributed by atoms with van der Waals surface area (Å²) in [7, 11) is 1.62. The van der Waals surface area contributed by atoms with Crippen LogP contribution in [0.25, 0.3) is 0 Å². The second-order valence-electron chi connectivity index (χ2n) is 3.95. The van der Waals surface area contributed by atoms with E-state index in [0.29, 0.717) is 16.9 Å². The van der Waals surface area contributed by atoms with Gasteiger partial charge >= 0.3 is 0 Å². The van der Waals surface area contributed by atoms with E-state index >= 15 is 0 Å². The van der Waals surface area contributed by atoms with Crippen LogP contribution in [0.1, 0.15) is 17.4 Å². The molecule has 0 saturated carbocycles. The molecule has 0 amide bonds. The zero-order valence-corrected chi connectivity index (χ0v) is 14.7. The van der Waals surface area contributed by atoms with Gasteiger partial charge in [0.05, 0.1) is 11.6 Å². The summed E-state index contributed by atoms with van der Waals surface area (Å²) in [5.74, 6) is 1.26. The van der Waals surface area contributed by atoms with Crippen LogP contribution in [0.15, 0.2) is 42.3 Å². The smallest absolute Gasteiger partial charge is 0.183 e. The van der Waals surface area contributed by atoms with Gasteiger partial charge in [-0.25, -0.2) is 0 Å². The second kappa shape index (κ2) is 6.43. The van der Waals surface area contributed by atoms with E-state index in [1.54, 1.807) is 13.2 Å². The predicted octanol–water partition coefficient (Wildman–Crippen LogP) is 4.85. The van der Waals surface area contributed by atoms with Crippen molar-refractivity contribution >= 4 is 47.8 Å². The highest BCUT2D eigenvalue weighted by molar-refractivity contribution is 9.13. The van der Waals surface area contributed by atoms with Crippen molar-refractivity contribution in [1.82, 2.24) is 0 Å². The summed E-state index contributed by atoms with van der Waals surface area (Å²) < 4.78 is 12.9. The lowest BCUT2D eigenvalue weighted by atomic mass is 10.1. The van der Waals surface area contributed by atoms with E-state index < -0.39 is 6.10 Å². The van der Waals surface area contributed by atoms with Crippen molar-refractivity contribution in [3.8, 4) is 5.75 Å². The van der Waals surface area contributed by atoms with E-state index in [2.05, 4.69) is 47.8 Å². The van der Waals surface area contributed by atoms with Crippen LogP contribution < -0.4 is 4.74 Å². The van der Waals surface area contributed by atoms with Gasteiger partial charge in [0, 0.05) is 10.9 Å². The van der Waals surface area contributed by atoms with Crippen LogP contribution in [0.5, 0.6) is 5.75 Å². The average molecular weight is 455 g/mol. The summed E-state index contributed by atoms with van der Waals surface area (Å²) in [6, 6.07) is 7.40. The third-order valence-electron chi connectivity index (χ3n) is 2.66. The van der Waals surface area contributed by atoms with Crippen LogP contribution in [0.3, 0.4) is 0 Å². The molecule has 6 heteroatoms. The fourth-order valence-corrected chi connectivity index (χ4v) is 2.69. The Balaban J connectivity index is 2.20. The fraction of sp³-hybridized carbons (Fsp3) is 0.231. The Labute approximate surface area is 136 Å². The van der Waals surface area contributed by atoms with E-state index in [9.17, 15) is 5.11 Å². The van der Waals surface area contributed by atoms with Crippen LogP contribution in [-0.4, -0.2) is 12.2 Å². The third-order valence-corrected chi connectivity index (χ3v) is 5.14. The zero-order chi connectivity index (χ0) is 14.0. The molecule has 2 rings (SSSR count). The van der Waals surface area contributed by atoms with Crippen LogP contribution >= 0.6 is 47.8 Å². The molecular weight excluding hydrogens is 444 g/mol. The van der Waals surface area contributed by atoms with Crippen LogP contribution in [0.4, 0.5) is 0 Å². The molecule has 0 fully saturated rings. The number of furan rings is 1. The molecule has 3 nitrogen and oxygen atoms in total. The summed E-state index contributed by atoms with van der Waals surface area (Å²) in [6.45, 7) is 0. The molecule has 1 aromatic heterocycles. The predicted molar refractivity (Wildman–Crippen MR) is 83.5 cm³/mol. The molecule has 1 atom stereocenters. The van der Waals surface area contributed by atoms with Gasteiger partial charge in [-0.05, 0) is 61.7 Å². The number of hydrogen-bond donors (Lipinski definition) is 1. The first-order valence-corrected chi connectivity index (χ1v) is 7.84. The Morgan fingerprint density at radius 1 is 1.21 bits per heavy atom. The Kier molecular flexibility index (Phi) is 5.11. The highest BCUT2D eigenvalue weighted by atomic mass is 79.9. The average Bonchev–Trinajstić information content (AvgIpc) is 2.72. The number of benzene rings is 1. The Morgan fingerprint density at radius 2 is 1.95 bits per heavy atom. The van der Waals surface area contributed by atoms with Gasteiger partial charge in [-0.15, -0.1) is 0 Å². The number of halogens is 3. The first-order valence-electron chi connectivity index (χ1n) is 5.46. The molecule has 1 heterocycles. The minimum Gasteiger partial charge on any atom is -0.497 e. The van der Waals surface area contributed by atoms with Crippen LogP contribution in [0.2, 0.25) is 0 Å². The van der Waals surface area contributed by atoms with Crippen LogP contribution in [0, 0.1) is 0 Å². The van der Waals surface area contributed by atoms with Crippen molar-refractivity contribution in [2.75, 3.05) is 7.11 Å². The summed E-state index contributed by atoms with van der Waals surface area (Å²) in [6.07, 6.45) is -0.282. The van der Waals surface area contributed by atoms with Gasteiger partial charge in [-0.1, -0.05) is 15.9 Å². The van der Waals surface area contributed by atoms with E-state index in [1.165, 1.54) is 0 Å². The molecule has 0 spiro atoms. The Hall–Kier alpha value is -0.300. The SMILES string of the molecule is COc1ccc(Br)c(CC(O)c2cc(Br)c(Br)o2)c1. The van der Waals surface area contributed by atoms with Crippen molar-refractivity contribution in [3.63, 3.8) is 0 Å². The maximum atomic E-state index is 10.2. The molecule has 0 aliphatic rings. The van der Waals surface area contributed by atoms with Gasteiger partial charge in [0.15, 0.2) is 4.67 Å². The van der Waals surface area contributed by atoms with Gasteiger partial charge in [-0.2, -0.15) is 0 Å².